The van der Waals surface area contributed by atoms with Crippen molar-refractivity contribution >= 4 is 10.2 Å². The molecule has 1 atom stereocenters. The van der Waals surface area contributed by atoms with Crippen LogP contribution >= 0.6 is 0 Å². The topological polar surface area (TPSA) is 0 Å². The van der Waals surface area contributed by atoms with Gasteiger partial charge in [-0.1, -0.05) is 99.4 Å². The van der Waals surface area contributed by atoms with E-state index < -0.39 is 0 Å². The van der Waals surface area contributed by atoms with Crippen molar-refractivity contribution in [2.45, 2.75) is 91.9 Å². The van der Waals surface area contributed by atoms with Crippen LogP contribution in [0.3, 0.4) is 0 Å². The van der Waals surface area contributed by atoms with Crippen molar-refractivity contribution in [3.05, 3.63) is 103 Å². The molecule has 4 rings (SSSR count). The van der Waals surface area contributed by atoms with Gasteiger partial charge in [0.2, 0.25) is 0 Å². The van der Waals surface area contributed by atoms with Crippen molar-refractivity contribution in [2.75, 3.05) is 0 Å². The minimum atomic E-state index is -0.0424. The van der Waals surface area contributed by atoms with Gasteiger partial charge in [-0.05, 0) is 90.5 Å². The van der Waals surface area contributed by atoms with Crippen LogP contribution in [0.25, 0.3) is 0 Å². The predicted octanol–water partition coefficient (Wildman–Crippen LogP) is 7.91. The predicted molar refractivity (Wildman–Crippen MR) is 149 cm³/mol. The lowest BCUT2D eigenvalue weighted by molar-refractivity contribution is 0.504. The van der Waals surface area contributed by atoms with Crippen molar-refractivity contribution in [1.29, 1.82) is 0 Å². The fourth-order valence-electron chi connectivity index (χ4n) is 6.18. The van der Waals surface area contributed by atoms with Crippen molar-refractivity contribution < 1.29 is 0 Å². The molecule has 0 saturated heterocycles. The summed E-state index contributed by atoms with van der Waals surface area (Å²) in [5.41, 5.74) is 15.3. The SMILES string of the molecule is CCCCC1(c2ccc(C(C)(C)C)cc2)C(C)=C(C)C=C2C([SiH3])=C(C)C(C3=C(C)C=CC3)=C21. The third kappa shape index (κ3) is 3.73. The summed E-state index contributed by atoms with van der Waals surface area (Å²) in [5.74, 6) is 0. The minimum absolute atomic E-state index is 0.0424. The van der Waals surface area contributed by atoms with Crippen molar-refractivity contribution in [3.8, 4) is 0 Å². The van der Waals surface area contributed by atoms with Gasteiger partial charge in [0.15, 0.2) is 0 Å². The Bertz CT molecular complexity index is 1170. The Kier molecular flexibility index (Phi) is 6.25. The van der Waals surface area contributed by atoms with Crippen molar-refractivity contribution in [1.82, 2.24) is 0 Å². The number of hydrogen-bond acceptors (Lipinski definition) is 0. The molecular formula is C32H42Si. The molecule has 0 fully saturated rings. The molecule has 1 aromatic carbocycles. The van der Waals surface area contributed by atoms with Crippen LogP contribution in [-0.4, -0.2) is 10.2 Å². The Morgan fingerprint density at radius 3 is 2.18 bits per heavy atom. The first-order valence-electron chi connectivity index (χ1n) is 12.8. The number of rotatable bonds is 5. The highest BCUT2D eigenvalue weighted by molar-refractivity contribution is 6.27. The zero-order chi connectivity index (χ0) is 24.1. The van der Waals surface area contributed by atoms with E-state index in [1.165, 1.54) is 47.1 Å². The maximum absolute atomic E-state index is 2.51. The summed E-state index contributed by atoms with van der Waals surface area (Å²) in [6.45, 7) is 18.7. The molecule has 0 N–H and O–H groups in total. The van der Waals surface area contributed by atoms with Crippen LogP contribution in [0.2, 0.25) is 0 Å². The molecule has 0 amide bonds. The third-order valence-corrected chi connectivity index (χ3v) is 9.79. The van der Waals surface area contributed by atoms with Gasteiger partial charge in [0.05, 0.1) is 0 Å². The highest BCUT2D eigenvalue weighted by Gasteiger charge is 2.46. The van der Waals surface area contributed by atoms with Crippen LogP contribution in [0.1, 0.15) is 92.2 Å². The Morgan fingerprint density at radius 2 is 1.64 bits per heavy atom. The van der Waals surface area contributed by atoms with Crippen LogP contribution in [0.15, 0.2) is 92.3 Å². The lowest BCUT2D eigenvalue weighted by Crippen LogP contribution is -2.34. The fraction of sp³-hybridized carbons (Fsp3) is 0.438. The zero-order valence-electron chi connectivity index (χ0n) is 22.4. The summed E-state index contributed by atoms with van der Waals surface area (Å²) in [5, 5.41) is 1.60. The van der Waals surface area contributed by atoms with E-state index in [1.807, 2.05) is 0 Å². The molecule has 1 heteroatoms. The number of fused-ring (bicyclic) bond motifs is 1. The summed E-state index contributed by atoms with van der Waals surface area (Å²) in [7, 11) is 1.09. The average molecular weight is 455 g/mol. The molecule has 0 aliphatic heterocycles. The standard InChI is InChI=1S/C32H42Si/c1-9-10-18-32(25-16-14-24(15-17-25)31(6,7)8)23(5)21(3)19-27-29(32)28(22(4)30(27)33)26-13-11-12-20(26)2/h11-12,14-17,19H,9-10,13,18H2,1-8,33H3. The Labute approximate surface area is 205 Å². The van der Waals surface area contributed by atoms with Gasteiger partial charge in [0.25, 0.3) is 0 Å². The van der Waals surface area contributed by atoms with Gasteiger partial charge in [0.1, 0.15) is 0 Å². The second kappa shape index (κ2) is 8.58. The molecule has 1 aromatic rings. The first-order valence-corrected chi connectivity index (χ1v) is 13.8. The largest absolute Gasteiger partial charge is 0.0798 e. The third-order valence-electron chi connectivity index (χ3n) is 8.50. The normalized spacial score (nSPS) is 23.3. The lowest BCUT2D eigenvalue weighted by Gasteiger charge is -2.43. The quantitative estimate of drug-likeness (QED) is 0.396. The molecule has 0 spiro atoms. The molecule has 0 bridgehead atoms. The highest BCUT2D eigenvalue weighted by atomic mass is 28.1. The van der Waals surface area contributed by atoms with Gasteiger partial charge >= 0.3 is 0 Å². The minimum Gasteiger partial charge on any atom is -0.0798 e. The summed E-state index contributed by atoms with van der Waals surface area (Å²) < 4.78 is 0. The van der Waals surface area contributed by atoms with Gasteiger partial charge in [-0.3, -0.25) is 0 Å². The van der Waals surface area contributed by atoms with E-state index in [2.05, 4.69) is 97.9 Å². The smallest absolute Gasteiger partial charge is 0.0426 e. The molecule has 1 unspecified atom stereocenters. The van der Waals surface area contributed by atoms with E-state index in [4.69, 9.17) is 0 Å². The van der Waals surface area contributed by atoms with E-state index in [0.717, 1.165) is 16.7 Å². The van der Waals surface area contributed by atoms with E-state index in [9.17, 15) is 0 Å². The van der Waals surface area contributed by atoms with E-state index in [-0.39, 0.29) is 10.8 Å². The Balaban J connectivity index is 2.05. The molecule has 3 aliphatic carbocycles. The van der Waals surface area contributed by atoms with E-state index >= 15 is 0 Å². The number of benzene rings is 1. The van der Waals surface area contributed by atoms with Crippen LogP contribution in [0.5, 0.6) is 0 Å². The zero-order valence-corrected chi connectivity index (χ0v) is 24.4. The van der Waals surface area contributed by atoms with Gasteiger partial charge in [-0.15, -0.1) is 0 Å². The van der Waals surface area contributed by atoms with E-state index in [0.29, 0.717) is 0 Å². The Morgan fingerprint density at radius 1 is 0.970 bits per heavy atom. The Hall–Kier alpha value is -2.12. The average Bonchev–Trinajstić information content (AvgIpc) is 3.29. The first-order chi connectivity index (χ1) is 15.5. The lowest BCUT2D eigenvalue weighted by atomic mass is 9.60. The van der Waals surface area contributed by atoms with Crippen LogP contribution in [0.4, 0.5) is 0 Å². The molecule has 0 heterocycles. The maximum Gasteiger partial charge on any atom is 0.0426 e. The van der Waals surface area contributed by atoms with Crippen molar-refractivity contribution in [2.24, 2.45) is 0 Å². The van der Waals surface area contributed by atoms with Crippen LogP contribution in [0, 0.1) is 0 Å². The number of allylic oxidation sites excluding steroid dienone is 12. The van der Waals surface area contributed by atoms with Crippen molar-refractivity contribution in [3.63, 3.8) is 0 Å². The summed E-state index contributed by atoms with van der Waals surface area (Å²) in [6, 6.07) is 9.69. The summed E-state index contributed by atoms with van der Waals surface area (Å²) >= 11 is 0. The molecule has 0 radical (unpaired) electrons. The fourth-order valence-corrected chi connectivity index (χ4v) is 6.82. The number of hydrogen-bond donors (Lipinski definition) is 0. The first kappa shape index (κ1) is 24.0. The molecule has 0 nitrogen and oxygen atoms in total. The van der Waals surface area contributed by atoms with E-state index in [1.54, 1.807) is 33.1 Å². The van der Waals surface area contributed by atoms with Crippen LogP contribution in [-0.2, 0) is 10.8 Å². The van der Waals surface area contributed by atoms with Gasteiger partial charge < -0.3 is 0 Å². The van der Waals surface area contributed by atoms with Gasteiger partial charge in [-0.2, -0.15) is 0 Å². The molecule has 174 valence electrons. The summed E-state index contributed by atoms with van der Waals surface area (Å²) in [6.07, 6.45) is 11.9. The number of unbranched alkanes of at least 4 members (excludes halogenated alkanes) is 1. The molecule has 0 saturated carbocycles. The summed E-state index contributed by atoms with van der Waals surface area (Å²) in [4.78, 5) is 0. The molecule has 0 aromatic heterocycles. The second-order valence-electron chi connectivity index (χ2n) is 11.5. The molecular weight excluding hydrogens is 412 g/mol. The highest BCUT2D eigenvalue weighted by Crippen LogP contribution is 2.58. The monoisotopic (exact) mass is 454 g/mol. The molecule has 33 heavy (non-hydrogen) atoms. The molecule has 3 aliphatic rings. The van der Waals surface area contributed by atoms with Gasteiger partial charge in [-0.25, -0.2) is 0 Å². The van der Waals surface area contributed by atoms with Crippen LogP contribution < -0.4 is 0 Å². The maximum atomic E-state index is 2.51. The second-order valence-corrected chi connectivity index (χ2v) is 12.5. The van der Waals surface area contributed by atoms with Gasteiger partial charge in [0, 0.05) is 15.7 Å².